The Morgan fingerprint density at radius 2 is 1.35 bits per heavy atom. The fraction of sp³-hybridized carbons (Fsp3) is 0.345. The van der Waals surface area contributed by atoms with Crippen molar-refractivity contribution in [2.45, 2.75) is 50.7 Å². The van der Waals surface area contributed by atoms with Gasteiger partial charge < -0.3 is 19.3 Å². The number of carboxylic acid groups (broad SMARTS) is 1. The standard InChI is InChI=1S/C29H32O5/c30-29(31)28(34-27-9-4-5-10-27)21-22-11-15-25(16-12-22)32-19-6-20-33-26-17-13-24(14-18-26)23-7-2-1-3-8-23/h1-3,7-8,11-18,27-28H,4-6,9-10,19-21H2,(H,30,31). The van der Waals surface area contributed by atoms with Gasteiger partial charge in [-0.15, -0.1) is 0 Å². The number of ether oxygens (including phenoxy) is 3. The number of rotatable bonds is 12. The molecule has 0 radical (unpaired) electrons. The minimum atomic E-state index is -0.901. The quantitative estimate of drug-likeness (QED) is 0.328. The van der Waals surface area contributed by atoms with Gasteiger partial charge >= 0.3 is 5.97 Å². The van der Waals surface area contributed by atoms with E-state index >= 15 is 0 Å². The summed E-state index contributed by atoms with van der Waals surface area (Å²) in [5.41, 5.74) is 3.29. The number of hydrogen-bond donors (Lipinski definition) is 1. The molecular weight excluding hydrogens is 428 g/mol. The molecule has 34 heavy (non-hydrogen) atoms. The number of carbonyl (C=O) groups is 1. The van der Waals surface area contributed by atoms with Crippen molar-refractivity contribution in [1.82, 2.24) is 0 Å². The molecule has 4 rings (SSSR count). The van der Waals surface area contributed by atoms with E-state index < -0.39 is 12.1 Å². The lowest BCUT2D eigenvalue weighted by Gasteiger charge is -2.18. The van der Waals surface area contributed by atoms with Crippen LogP contribution in [0, 0.1) is 0 Å². The maximum atomic E-state index is 11.6. The van der Waals surface area contributed by atoms with E-state index in [0.29, 0.717) is 19.6 Å². The third-order valence-corrected chi connectivity index (χ3v) is 6.07. The van der Waals surface area contributed by atoms with Gasteiger partial charge in [0, 0.05) is 12.8 Å². The van der Waals surface area contributed by atoms with Crippen molar-refractivity contribution >= 4 is 5.97 Å². The Hall–Kier alpha value is -3.31. The zero-order valence-electron chi connectivity index (χ0n) is 19.4. The topological polar surface area (TPSA) is 65.0 Å². The zero-order chi connectivity index (χ0) is 23.6. The van der Waals surface area contributed by atoms with Gasteiger partial charge in [-0.3, -0.25) is 0 Å². The minimum Gasteiger partial charge on any atom is -0.493 e. The summed E-state index contributed by atoms with van der Waals surface area (Å²) in [6.07, 6.45) is 4.56. The first-order valence-corrected chi connectivity index (χ1v) is 12.1. The van der Waals surface area contributed by atoms with Crippen molar-refractivity contribution in [1.29, 1.82) is 0 Å². The lowest BCUT2D eigenvalue weighted by molar-refractivity contribution is -0.154. The van der Waals surface area contributed by atoms with Crippen LogP contribution in [-0.4, -0.2) is 36.5 Å². The Labute approximate surface area is 201 Å². The van der Waals surface area contributed by atoms with Gasteiger partial charge in [0.25, 0.3) is 0 Å². The highest BCUT2D eigenvalue weighted by molar-refractivity contribution is 5.72. The molecule has 0 spiro atoms. The summed E-state index contributed by atoms with van der Waals surface area (Å²) in [6.45, 7) is 1.12. The molecule has 0 aliphatic heterocycles. The minimum absolute atomic E-state index is 0.0766. The molecule has 0 aromatic heterocycles. The van der Waals surface area contributed by atoms with Gasteiger partial charge in [-0.1, -0.05) is 67.4 Å². The predicted molar refractivity (Wildman–Crippen MR) is 132 cm³/mol. The molecule has 0 heterocycles. The van der Waals surface area contributed by atoms with Crippen LogP contribution in [0.2, 0.25) is 0 Å². The van der Waals surface area contributed by atoms with Crippen LogP contribution in [0.1, 0.15) is 37.7 Å². The molecule has 1 N–H and O–H groups in total. The largest absolute Gasteiger partial charge is 0.493 e. The van der Waals surface area contributed by atoms with Crippen molar-refractivity contribution in [2.75, 3.05) is 13.2 Å². The third kappa shape index (κ3) is 7.09. The van der Waals surface area contributed by atoms with Crippen LogP contribution in [0.5, 0.6) is 11.5 Å². The molecule has 5 nitrogen and oxygen atoms in total. The number of hydrogen-bond acceptors (Lipinski definition) is 4. The molecule has 1 unspecified atom stereocenters. The summed E-state index contributed by atoms with van der Waals surface area (Å²) in [6, 6.07) is 26.0. The molecule has 3 aromatic carbocycles. The van der Waals surface area contributed by atoms with Crippen LogP contribution in [0.4, 0.5) is 0 Å². The summed E-state index contributed by atoms with van der Waals surface area (Å²) < 4.78 is 17.5. The average molecular weight is 461 g/mol. The first-order chi connectivity index (χ1) is 16.7. The van der Waals surface area contributed by atoms with E-state index in [0.717, 1.165) is 49.2 Å². The molecule has 1 atom stereocenters. The first kappa shape index (κ1) is 23.8. The molecule has 1 aliphatic carbocycles. The Bertz CT molecular complexity index is 1010. The Balaban J connectivity index is 1.16. The summed E-state index contributed by atoms with van der Waals surface area (Å²) in [5, 5.41) is 9.50. The van der Waals surface area contributed by atoms with Gasteiger partial charge in [0.1, 0.15) is 11.5 Å². The van der Waals surface area contributed by atoms with E-state index in [1.165, 1.54) is 11.1 Å². The van der Waals surface area contributed by atoms with Crippen molar-refractivity contribution in [3.05, 3.63) is 84.4 Å². The molecule has 0 saturated heterocycles. The van der Waals surface area contributed by atoms with E-state index in [-0.39, 0.29) is 6.10 Å². The molecule has 1 fully saturated rings. The smallest absolute Gasteiger partial charge is 0.333 e. The molecule has 178 valence electrons. The lowest BCUT2D eigenvalue weighted by atomic mass is 10.1. The number of aliphatic carboxylic acids is 1. The normalized spacial score (nSPS) is 14.6. The van der Waals surface area contributed by atoms with Gasteiger partial charge in [-0.25, -0.2) is 4.79 Å². The second kappa shape index (κ2) is 12.2. The van der Waals surface area contributed by atoms with E-state index in [1.807, 2.05) is 54.6 Å². The van der Waals surface area contributed by atoms with Crippen molar-refractivity contribution in [2.24, 2.45) is 0 Å². The lowest BCUT2D eigenvalue weighted by Crippen LogP contribution is -2.30. The molecule has 5 heteroatoms. The maximum absolute atomic E-state index is 11.6. The molecular formula is C29H32O5. The van der Waals surface area contributed by atoms with Gasteiger partial charge in [0.2, 0.25) is 0 Å². The molecule has 3 aromatic rings. The van der Waals surface area contributed by atoms with Gasteiger partial charge in [0.05, 0.1) is 19.3 Å². The zero-order valence-corrected chi connectivity index (χ0v) is 19.4. The van der Waals surface area contributed by atoms with Crippen LogP contribution in [0.3, 0.4) is 0 Å². The first-order valence-electron chi connectivity index (χ1n) is 12.1. The number of benzene rings is 3. The van der Waals surface area contributed by atoms with Gasteiger partial charge in [-0.2, -0.15) is 0 Å². The second-order valence-corrected chi connectivity index (χ2v) is 8.66. The summed E-state index contributed by atoms with van der Waals surface area (Å²) >= 11 is 0. The Morgan fingerprint density at radius 3 is 1.94 bits per heavy atom. The summed E-state index contributed by atoms with van der Waals surface area (Å²) in [4.78, 5) is 11.6. The van der Waals surface area contributed by atoms with Crippen molar-refractivity contribution in [3.63, 3.8) is 0 Å². The van der Waals surface area contributed by atoms with E-state index in [1.54, 1.807) is 0 Å². The summed E-state index contributed by atoms with van der Waals surface area (Å²) in [7, 11) is 0. The fourth-order valence-corrected chi connectivity index (χ4v) is 4.20. The molecule has 1 saturated carbocycles. The maximum Gasteiger partial charge on any atom is 0.333 e. The van der Waals surface area contributed by atoms with Crippen LogP contribution in [-0.2, 0) is 16.0 Å². The molecule has 0 bridgehead atoms. The van der Waals surface area contributed by atoms with Crippen molar-refractivity contribution in [3.8, 4) is 22.6 Å². The highest BCUT2D eigenvalue weighted by atomic mass is 16.5. The predicted octanol–water partition coefficient (Wildman–Crippen LogP) is 6.16. The summed E-state index contributed by atoms with van der Waals surface area (Å²) in [5.74, 6) is 0.707. The Morgan fingerprint density at radius 1 is 0.794 bits per heavy atom. The van der Waals surface area contributed by atoms with Crippen LogP contribution in [0.15, 0.2) is 78.9 Å². The fourth-order valence-electron chi connectivity index (χ4n) is 4.20. The van der Waals surface area contributed by atoms with E-state index in [4.69, 9.17) is 14.2 Å². The number of carboxylic acids is 1. The van der Waals surface area contributed by atoms with Crippen LogP contribution >= 0.6 is 0 Å². The SMILES string of the molecule is O=C(O)C(Cc1ccc(OCCCOc2ccc(-c3ccccc3)cc2)cc1)OC1CCCC1. The monoisotopic (exact) mass is 460 g/mol. The van der Waals surface area contributed by atoms with Crippen LogP contribution in [0.25, 0.3) is 11.1 Å². The Kier molecular flexibility index (Phi) is 8.58. The van der Waals surface area contributed by atoms with E-state index in [9.17, 15) is 9.90 Å². The molecule has 1 aliphatic rings. The average Bonchev–Trinajstić information content (AvgIpc) is 3.38. The third-order valence-electron chi connectivity index (χ3n) is 6.07. The second-order valence-electron chi connectivity index (χ2n) is 8.66. The van der Waals surface area contributed by atoms with Gasteiger partial charge in [-0.05, 0) is 53.8 Å². The van der Waals surface area contributed by atoms with E-state index in [2.05, 4.69) is 24.3 Å². The highest BCUT2D eigenvalue weighted by Crippen LogP contribution is 2.24. The van der Waals surface area contributed by atoms with Gasteiger partial charge in [0.15, 0.2) is 6.10 Å². The van der Waals surface area contributed by atoms with Crippen LogP contribution < -0.4 is 9.47 Å². The van der Waals surface area contributed by atoms with Crippen molar-refractivity contribution < 1.29 is 24.1 Å². The molecule has 0 amide bonds. The highest BCUT2D eigenvalue weighted by Gasteiger charge is 2.25.